The molecule has 1 atom stereocenters. The summed E-state index contributed by atoms with van der Waals surface area (Å²) >= 11 is 0. The first-order chi connectivity index (χ1) is 15.7. The van der Waals surface area contributed by atoms with E-state index in [9.17, 15) is 14.9 Å². The van der Waals surface area contributed by atoms with Gasteiger partial charge in [-0.05, 0) is 39.3 Å². The van der Waals surface area contributed by atoms with Crippen LogP contribution >= 0.6 is 0 Å². The van der Waals surface area contributed by atoms with Gasteiger partial charge in [-0.2, -0.15) is 10.4 Å². The van der Waals surface area contributed by atoms with Crippen LogP contribution in [-0.2, 0) is 4.74 Å². The van der Waals surface area contributed by atoms with Crippen LogP contribution in [0.3, 0.4) is 0 Å². The number of rotatable bonds is 2. The van der Waals surface area contributed by atoms with Crippen molar-refractivity contribution < 1.29 is 9.53 Å². The number of H-pyrrole nitrogens is 1. The Bertz CT molecular complexity index is 1480. The molecular formula is C22H22N8O3. The van der Waals surface area contributed by atoms with E-state index >= 15 is 0 Å². The quantitative estimate of drug-likeness (QED) is 0.500. The molecule has 0 saturated carbocycles. The maximum absolute atomic E-state index is 12.8. The maximum Gasteiger partial charge on any atom is 0.410 e. The molecule has 0 unspecified atom stereocenters. The Kier molecular flexibility index (Phi) is 4.67. The van der Waals surface area contributed by atoms with Gasteiger partial charge in [0.25, 0.3) is 0 Å². The van der Waals surface area contributed by atoms with Gasteiger partial charge in [-0.3, -0.25) is 4.57 Å². The average molecular weight is 446 g/mol. The van der Waals surface area contributed by atoms with E-state index in [4.69, 9.17) is 4.74 Å². The van der Waals surface area contributed by atoms with E-state index in [1.54, 1.807) is 44.7 Å². The lowest BCUT2D eigenvalue weighted by Gasteiger charge is -2.24. The van der Waals surface area contributed by atoms with Crippen LogP contribution in [0.25, 0.3) is 28.1 Å². The number of nitrogens with zero attached hydrogens (tertiary/aromatic N) is 7. The van der Waals surface area contributed by atoms with Crippen LogP contribution in [0.5, 0.6) is 0 Å². The first-order valence-corrected chi connectivity index (χ1v) is 10.6. The number of fused-ring (bicyclic) bond motifs is 2. The van der Waals surface area contributed by atoms with Crippen LogP contribution in [-0.4, -0.2) is 58.8 Å². The van der Waals surface area contributed by atoms with Crippen LogP contribution in [0.15, 0.2) is 35.5 Å². The molecule has 1 N–H and O–H groups in total. The van der Waals surface area contributed by atoms with Crippen LogP contribution < -0.4 is 5.69 Å². The topological polar surface area (TPSA) is 134 Å². The van der Waals surface area contributed by atoms with Crippen molar-refractivity contribution in [1.29, 1.82) is 5.26 Å². The summed E-state index contributed by atoms with van der Waals surface area (Å²) in [6.45, 7) is 6.30. The van der Waals surface area contributed by atoms with Crippen LogP contribution in [0, 0.1) is 11.3 Å². The van der Waals surface area contributed by atoms with Crippen LogP contribution in [0.2, 0.25) is 0 Å². The molecule has 4 aromatic rings. The smallest absolute Gasteiger partial charge is 0.410 e. The summed E-state index contributed by atoms with van der Waals surface area (Å²) in [5.41, 5.74) is 1.90. The molecule has 168 valence electrons. The molecule has 1 fully saturated rings. The molecule has 11 nitrogen and oxygen atoms in total. The molecule has 1 amide bonds. The summed E-state index contributed by atoms with van der Waals surface area (Å²) in [5, 5.41) is 13.5. The van der Waals surface area contributed by atoms with Crippen LogP contribution in [0.1, 0.15) is 38.8 Å². The van der Waals surface area contributed by atoms with Gasteiger partial charge < -0.3 is 14.6 Å². The third-order valence-electron chi connectivity index (χ3n) is 5.53. The second-order valence-corrected chi connectivity index (χ2v) is 9.02. The predicted molar refractivity (Wildman–Crippen MR) is 119 cm³/mol. The van der Waals surface area contributed by atoms with Gasteiger partial charge in [0.2, 0.25) is 0 Å². The molecule has 0 bridgehead atoms. The molecule has 0 aromatic carbocycles. The van der Waals surface area contributed by atoms with E-state index in [1.807, 2.05) is 20.8 Å². The highest BCUT2D eigenvalue weighted by Gasteiger charge is 2.32. The van der Waals surface area contributed by atoms with Crippen molar-refractivity contribution in [3.05, 3.63) is 46.8 Å². The molecular weight excluding hydrogens is 424 g/mol. The summed E-state index contributed by atoms with van der Waals surface area (Å²) in [4.78, 5) is 38.7. The zero-order valence-corrected chi connectivity index (χ0v) is 18.4. The van der Waals surface area contributed by atoms with Gasteiger partial charge in [0, 0.05) is 19.3 Å². The fraction of sp³-hybridized carbons (Fsp3) is 0.364. The van der Waals surface area contributed by atoms with Gasteiger partial charge >= 0.3 is 11.8 Å². The molecule has 1 aliphatic heterocycles. The van der Waals surface area contributed by atoms with E-state index in [0.717, 1.165) is 0 Å². The number of hydrogen-bond donors (Lipinski definition) is 1. The summed E-state index contributed by atoms with van der Waals surface area (Å²) < 4.78 is 8.69. The normalized spacial score (nSPS) is 16.4. The minimum Gasteiger partial charge on any atom is -0.444 e. The number of amides is 1. The van der Waals surface area contributed by atoms with Crippen molar-refractivity contribution >= 4 is 22.8 Å². The minimum absolute atomic E-state index is 0.240. The molecule has 0 aliphatic carbocycles. The van der Waals surface area contributed by atoms with Gasteiger partial charge in [-0.15, -0.1) is 0 Å². The number of pyridine rings is 1. The first kappa shape index (κ1) is 20.7. The molecule has 1 saturated heterocycles. The number of carbonyl (C=O) groups is 1. The number of hydrogen-bond acceptors (Lipinski definition) is 7. The lowest BCUT2D eigenvalue weighted by Crippen LogP contribution is -2.36. The molecule has 11 heteroatoms. The van der Waals surface area contributed by atoms with Crippen molar-refractivity contribution in [3.8, 4) is 17.5 Å². The third kappa shape index (κ3) is 3.69. The van der Waals surface area contributed by atoms with Gasteiger partial charge in [-0.1, -0.05) is 0 Å². The maximum atomic E-state index is 12.8. The summed E-state index contributed by atoms with van der Waals surface area (Å²) in [6, 6.07) is 5.27. The van der Waals surface area contributed by atoms with Crippen molar-refractivity contribution in [2.24, 2.45) is 0 Å². The number of nitrogens with one attached hydrogen (secondary N) is 1. The average Bonchev–Trinajstić information content (AvgIpc) is 3.47. The highest BCUT2D eigenvalue weighted by molar-refractivity contribution is 5.80. The molecule has 5 rings (SSSR count). The molecule has 0 spiro atoms. The van der Waals surface area contributed by atoms with Crippen molar-refractivity contribution in [1.82, 2.24) is 34.0 Å². The Morgan fingerprint density at radius 3 is 2.91 bits per heavy atom. The molecule has 5 heterocycles. The van der Waals surface area contributed by atoms with Gasteiger partial charge in [0.05, 0.1) is 41.1 Å². The van der Waals surface area contributed by atoms with Gasteiger partial charge in [0.1, 0.15) is 11.1 Å². The Morgan fingerprint density at radius 1 is 1.33 bits per heavy atom. The van der Waals surface area contributed by atoms with E-state index in [0.29, 0.717) is 53.1 Å². The first-order valence-electron chi connectivity index (χ1n) is 10.6. The number of likely N-dealkylation sites (tertiary alicyclic amines) is 1. The highest BCUT2D eigenvalue weighted by atomic mass is 16.6. The second-order valence-electron chi connectivity index (χ2n) is 9.02. The van der Waals surface area contributed by atoms with E-state index < -0.39 is 11.7 Å². The Labute approximate surface area is 188 Å². The lowest BCUT2D eigenvalue weighted by molar-refractivity contribution is 0.0289. The molecule has 1 aliphatic rings. The standard InChI is InChI=1S/C22H22N8O3/c1-22(2,3)33-21(32)28-6-5-14(12-28)30-19-16(26-20(30)31)11-24-18(27-19)15-10-25-29-7-4-13(9-23)8-17(15)29/h4,7-8,10-11,14H,5-6,12H2,1-3H3,(H,26,31)/t14-/m1/s1. The molecule has 4 aromatic heterocycles. The number of ether oxygens (including phenoxy) is 1. The lowest BCUT2D eigenvalue weighted by atomic mass is 10.2. The van der Waals surface area contributed by atoms with Crippen molar-refractivity contribution in [2.75, 3.05) is 13.1 Å². The third-order valence-corrected chi connectivity index (χ3v) is 5.53. The number of carbonyl (C=O) groups excluding carboxylic acids is 1. The summed E-state index contributed by atoms with van der Waals surface area (Å²) in [6.07, 6.45) is 5.10. The fourth-order valence-corrected chi connectivity index (χ4v) is 4.05. The second kappa shape index (κ2) is 7.44. The van der Waals surface area contributed by atoms with Crippen molar-refractivity contribution in [3.63, 3.8) is 0 Å². The summed E-state index contributed by atoms with van der Waals surface area (Å²) in [5.74, 6) is 0.391. The minimum atomic E-state index is -0.589. The van der Waals surface area contributed by atoms with E-state index in [-0.39, 0.29) is 11.7 Å². The van der Waals surface area contributed by atoms with Crippen LogP contribution in [0.4, 0.5) is 4.79 Å². The Hall–Kier alpha value is -4.20. The Morgan fingerprint density at radius 2 is 2.15 bits per heavy atom. The zero-order chi connectivity index (χ0) is 23.3. The molecule has 33 heavy (non-hydrogen) atoms. The largest absolute Gasteiger partial charge is 0.444 e. The number of imidazole rings is 1. The zero-order valence-electron chi connectivity index (χ0n) is 18.4. The fourth-order valence-electron chi connectivity index (χ4n) is 4.05. The van der Waals surface area contributed by atoms with Gasteiger partial charge in [-0.25, -0.2) is 24.1 Å². The number of aromatic nitrogens is 6. The van der Waals surface area contributed by atoms with Crippen molar-refractivity contribution in [2.45, 2.75) is 38.8 Å². The van der Waals surface area contributed by atoms with E-state index in [2.05, 4.69) is 26.1 Å². The monoisotopic (exact) mass is 446 g/mol. The number of nitriles is 1. The highest BCUT2D eigenvalue weighted by Crippen LogP contribution is 2.27. The number of aromatic amines is 1. The SMILES string of the molecule is CC(C)(C)OC(=O)N1CC[C@@H](n2c(=O)[nH]c3cnc(-c4cnn5ccc(C#N)cc45)nc32)C1. The van der Waals surface area contributed by atoms with Gasteiger partial charge in [0.15, 0.2) is 11.5 Å². The van der Waals surface area contributed by atoms with E-state index in [1.165, 1.54) is 0 Å². The predicted octanol–water partition coefficient (Wildman–Crippen LogP) is 2.49. The Balaban J connectivity index is 1.52. The molecule has 0 radical (unpaired) electrons. The summed E-state index contributed by atoms with van der Waals surface area (Å²) in [7, 11) is 0.